The Morgan fingerprint density at radius 2 is 2.21 bits per heavy atom. The van der Waals surface area contributed by atoms with Gasteiger partial charge in [-0.2, -0.15) is 0 Å². The molecule has 0 radical (unpaired) electrons. The standard InChI is InChI=1S/C14H17FN2OS/c1-3-9-6-7-19-14(9)13(17-16)11-5-4-10(18-2)8-12(11)15/h4-8,13,17H,3,16H2,1-2H3. The zero-order chi connectivity index (χ0) is 13.8. The van der Waals surface area contributed by atoms with Gasteiger partial charge in [-0.25, -0.2) is 9.82 Å². The molecule has 0 fully saturated rings. The van der Waals surface area contributed by atoms with Gasteiger partial charge < -0.3 is 4.74 Å². The SMILES string of the molecule is CCc1ccsc1C(NN)c1ccc(OC)cc1F. The Balaban J connectivity index is 2.42. The van der Waals surface area contributed by atoms with Gasteiger partial charge in [0.05, 0.1) is 13.2 Å². The van der Waals surface area contributed by atoms with Crippen molar-refractivity contribution in [3.63, 3.8) is 0 Å². The van der Waals surface area contributed by atoms with Crippen LogP contribution in [0.2, 0.25) is 0 Å². The quantitative estimate of drug-likeness (QED) is 0.654. The predicted octanol–water partition coefficient (Wildman–Crippen LogP) is 3.01. The highest BCUT2D eigenvalue weighted by Gasteiger charge is 2.20. The van der Waals surface area contributed by atoms with E-state index in [1.165, 1.54) is 18.7 Å². The number of aryl methyl sites for hydroxylation is 1. The van der Waals surface area contributed by atoms with E-state index in [4.69, 9.17) is 10.6 Å². The molecule has 5 heteroatoms. The first-order chi connectivity index (χ1) is 9.21. The van der Waals surface area contributed by atoms with Gasteiger partial charge in [-0.05, 0) is 29.5 Å². The average Bonchev–Trinajstić information content (AvgIpc) is 2.89. The molecule has 0 saturated carbocycles. The molecule has 102 valence electrons. The highest BCUT2D eigenvalue weighted by atomic mass is 32.1. The molecule has 1 heterocycles. The fourth-order valence-electron chi connectivity index (χ4n) is 2.07. The van der Waals surface area contributed by atoms with Crippen molar-refractivity contribution in [1.29, 1.82) is 0 Å². The number of hydrogen-bond donors (Lipinski definition) is 2. The average molecular weight is 280 g/mol. The molecule has 0 saturated heterocycles. The Morgan fingerprint density at radius 1 is 1.42 bits per heavy atom. The first-order valence-electron chi connectivity index (χ1n) is 6.07. The van der Waals surface area contributed by atoms with Crippen molar-refractivity contribution in [3.05, 3.63) is 51.5 Å². The third kappa shape index (κ3) is 2.78. The number of ether oxygens (including phenoxy) is 1. The van der Waals surface area contributed by atoms with Crippen LogP contribution in [0.15, 0.2) is 29.6 Å². The Hall–Kier alpha value is -1.43. The topological polar surface area (TPSA) is 47.3 Å². The van der Waals surface area contributed by atoms with E-state index in [-0.39, 0.29) is 11.9 Å². The van der Waals surface area contributed by atoms with Gasteiger partial charge in [0, 0.05) is 16.5 Å². The molecular weight excluding hydrogens is 263 g/mol. The van der Waals surface area contributed by atoms with Crippen molar-refractivity contribution in [2.45, 2.75) is 19.4 Å². The lowest BCUT2D eigenvalue weighted by atomic mass is 10.0. The zero-order valence-corrected chi connectivity index (χ0v) is 11.8. The molecule has 3 N–H and O–H groups in total. The lowest BCUT2D eigenvalue weighted by molar-refractivity contribution is 0.410. The first-order valence-corrected chi connectivity index (χ1v) is 6.95. The van der Waals surface area contributed by atoms with Crippen LogP contribution in [0.5, 0.6) is 5.75 Å². The summed E-state index contributed by atoms with van der Waals surface area (Å²) in [5.41, 5.74) is 4.42. The van der Waals surface area contributed by atoms with E-state index in [1.54, 1.807) is 23.5 Å². The molecule has 0 amide bonds. The van der Waals surface area contributed by atoms with E-state index in [1.807, 2.05) is 11.4 Å². The van der Waals surface area contributed by atoms with E-state index >= 15 is 0 Å². The van der Waals surface area contributed by atoms with Crippen molar-refractivity contribution in [1.82, 2.24) is 5.43 Å². The van der Waals surface area contributed by atoms with Crippen LogP contribution in [0.25, 0.3) is 0 Å². The summed E-state index contributed by atoms with van der Waals surface area (Å²) in [6.07, 6.45) is 0.898. The molecular formula is C14H17FN2OS. The van der Waals surface area contributed by atoms with Crippen LogP contribution in [0.3, 0.4) is 0 Å². The monoisotopic (exact) mass is 280 g/mol. The number of hydrazine groups is 1. The summed E-state index contributed by atoms with van der Waals surface area (Å²) in [6, 6.07) is 6.53. The maximum Gasteiger partial charge on any atom is 0.132 e. The normalized spacial score (nSPS) is 12.4. The molecule has 1 unspecified atom stereocenters. The van der Waals surface area contributed by atoms with Crippen LogP contribution < -0.4 is 16.0 Å². The molecule has 1 atom stereocenters. The first kappa shape index (κ1) is 14.0. The van der Waals surface area contributed by atoms with E-state index in [2.05, 4.69) is 12.3 Å². The van der Waals surface area contributed by atoms with Crippen LogP contribution in [0, 0.1) is 5.82 Å². The molecule has 0 bridgehead atoms. The summed E-state index contributed by atoms with van der Waals surface area (Å²) in [4.78, 5) is 1.05. The number of hydrogen-bond acceptors (Lipinski definition) is 4. The van der Waals surface area contributed by atoms with Crippen LogP contribution in [-0.4, -0.2) is 7.11 Å². The summed E-state index contributed by atoms with van der Waals surface area (Å²) in [7, 11) is 1.52. The van der Waals surface area contributed by atoms with E-state index in [9.17, 15) is 4.39 Å². The molecule has 2 aromatic rings. The summed E-state index contributed by atoms with van der Waals surface area (Å²) >= 11 is 1.58. The van der Waals surface area contributed by atoms with Crippen molar-refractivity contribution >= 4 is 11.3 Å². The molecule has 0 spiro atoms. The molecule has 0 aliphatic carbocycles. The van der Waals surface area contributed by atoms with Gasteiger partial charge in [-0.1, -0.05) is 13.0 Å². The number of nitrogens with one attached hydrogen (secondary N) is 1. The number of thiophene rings is 1. The molecule has 19 heavy (non-hydrogen) atoms. The van der Waals surface area contributed by atoms with Gasteiger partial charge in [0.1, 0.15) is 11.6 Å². The Labute approximate surface area is 116 Å². The molecule has 0 aliphatic heterocycles. The molecule has 0 aliphatic rings. The van der Waals surface area contributed by atoms with Crippen molar-refractivity contribution < 1.29 is 9.13 Å². The van der Waals surface area contributed by atoms with Crippen LogP contribution >= 0.6 is 11.3 Å². The van der Waals surface area contributed by atoms with Crippen molar-refractivity contribution in [2.24, 2.45) is 5.84 Å². The number of rotatable bonds is 5. The molecule has 1 aromatic heterocycles. The minimum absolute atomic E-state index is 0.322. The van der Waals surface area contributed by atoms with Crippen LogP contribution in [-0.2, 0) is 6.42 Å². The number of halogens is 1. The van der Waals surface area contributed by atoms with Gasteiger partial charge in [-0.3, -0.25) is 5.84 Å². The number of nitrogens with two attached hydrogens (primary N) is 1. The maximum absolute atomic E-state index is 14.1. The zero-order valence-electron chi connectivity index (χ0n) is 10.9. The number of benzene rings is 1. The van der Waals surface area contributed by atoms with Gasteiger partial charge in [0.25, 0.3) is 0 Å². The largest absolute Gasteiger partial charge is 0.497 e. The summed E-state index contributed by atoms with van der Waals surface area (Å²) in [5.74, 6) is 5.80. The molecule has 3 nitrogen and oxygen atoms in total. The Bertz CT molecular complexity index is 556. The second-order valence-corrected chi connectivity index (χ2v) is 5.10. The van der Waals surface area contributed by atoms with Gasteiger partial charge >= 0.3 is 0 Å². The summed E-state index contributed by atoms with van der Waals surface area (Å²) in [6.45, 7) is 2.07. The van der Waals surface area contributed by atoms with E-state index in [0.717, 1.165) is 11.3 Å². The van der Waals surface area contributed by atoms with Gasteiger partial charge in [0.15, 0.2) is 0 Å². The lowest BCUT2D eigenvalue weighted by Gasteiger charge is -2.18. The van der Waals surface area contributed by atoms with Crippen molar-refractivity contribution in [2.75, 3.05) is 7.11 Å². The van der Waals surface area contributed by atoms with E-state index in [0.29, 0.717) is 11.3 Å². The Morgan fingerprint density at radius 3 is 2.79 bits per heavy atom. The second kappa shape index (κ2) is 6.14. The third-order valence-corrected chi connectivity index (χ3v) is 4.13. The lowest BCUT2D eigenvalue weighted by Crippen LogP contribution is -2.29. The maximum atomic E-state index is 14.1. The highest BCUT2D eigenvalue weighted by molar-refractivity contribution is 7.10. The molecule has 2 rings (SSSR count). The van der Waals surface area contributed by atoms with Crippen molar-refractivity contribution in [3.8, 4) is 5.75 Å². The van der Waals surface area contributed by atoms with E-state index < -0.39 is 0 Å². The smallest absolute Gasteiger partial charge is 0.132 e. The minimum Gasteiger partial charge on any atom is -0.497 e. The third-order valence-electron chi connectivity index (χ3n) is 3.11. The number of methoxy groups -OCH3 is 1. The fraction of sp³-hybridized carbons (Fsp3) is 0.286. The van der Waals surface area contributed by atoms with Gasteiger partial charge in [0.2, 0.25) is 0 Å². The second-order valence-electron chi connectivity index (χ2n) is 4.15. The summed E-state index contributed by atoms with van der Waals surface area (Å²) < 4.78 is 19.1. The van der Waals surface area contributed by atoms with Crippen LogP contribution in [0.4, 0.5) is 4.39 Å². The van der Waals surface area contributed by atoms with Gasteiger partial charge in [-0.15, -0.1) is 11.3 Å². The molecule has 1 aromatic carbocycles. The van der Waals surface area contributed by atoms with Crippen LogP contribution in [0.1, 0.15) is 29.0 Å². The summed E-state index contributed by atoms with van der Waals surface area (Å²) in [5, 5.41) is 2.00. The fourth-order valence-corrected chi connectivity index (χ4v) is 3.14. The minimum atomic E-state index is -0.333. The highest BCUT2D eigenvalue weighted by Crippen LogP contribution is 2.32. The predicted molar refractivity (Wildman–Crippen MR) is 75.8 cm³/mol. The Kier molecular flexibility index (Phi) is 4.52.